The van der Waals surface area contributed by atoms with E-state index in [1.165, 1.54) is 6.33 Å². The minimum absolute atomic E-state index is 0.127. The van der Waals surface area contributed by atoms with Crippen molar-refractivity contribution in [2.24, 2.45) is 5.73 Å². The molecule has 3 N–H and O–H groups in total. The molecular formula is C21H26N4O3S. The molecule has 0 unspecified atom stereocenters. The van der Waals surface area contributed by atoms with Crippen molar-refractivity contribution in [2.45, 2.75) is 50.4 Å². The van der Waals surface area contributed by atoms with E-state index < -0.39 is 12.0 Å². The molecule has 1 amide bonds. The van der Waals surface area contributed by atoms with Crippen molar-refractivity contribution in [2.75, 3.05) is 14.1 Å². The van der Waals surface area contributed by atoms with E-state index in [1.54, 1.807) is 11.3 Å². The number of carbonyl (C=O) groups is 1. The van der Waals surface area contributed by atoms with Crippen LogP contribution in [0, 0.1) is 0 Å². The van der Waals surface area contributed by atoms with Crippen LogP contribution < -0.4 is 10.5 Å². The first-order chi connectivity index (χ1) is 13.9. The third-order valence-electron chi connectivity index (χ3n) is 5.74. The van der Waals surface area contributed by atoms with E-state index in [0.717, 1.165) is 51.5 Å². The summed E-state index contributed by atoms with van der Waals surface area (Å²) in [4.78, 5) is 23.4. The summed E-state index contributed by atoms with van der Waals surface area (Å²) in [6.45, 7) is 0. The molecule has 0 radical (unpaired) electrons. The van der Waals surface area contributed by atoms with Crippen molar-refractivity contribution < 1.29 is 14.6 Å². The van der Waals surface area contributed by atoms with E-state index >= 15 is 0 Å². The predicted molar refractivity (Wildman–Crippen MR) is 114 cm³/mol. The number of aliphatic hydroxyl groups is 1. The van der Waals surface area contributed by atoms with Gasteiger partial charge >= 0.3 is 0 Å². The van der Waals surface area contributed by atoms with Crippen LogP contribution in [0.25, 0.3) is 20.3 Å². The number of nitrogens with zero attached hydrogens (tertiary/aromatic N) is 3. The topological polar surface area (TPSA) is 102 Å². The van der Waals surface area contributed by atoms with E-state index in [9.17, 15) is 9.90 Å². The molecule has 4 rings (SSSR count). The molecule has 7 nitrogen and oxygen atoms in total. The van der Waals surface area contributed by atoms with Crippen LogP contribution in [0.15, 0.2) is 24.5 Å². The fourth-order valence-corrected chi connectivity index (χ4v) is 5.18. The van der Waals surface area contributed by atoms with Gasteiger partial charge in [0, 0.05) is 22.5 Å². The Bertz CT molecular complexity index is 1030. The number of hydrogen-bond donors (Lipinski definition) is 2. The van der Waals surface area contributed by atoms with Crippen LogP contribution in [0.3, 0.4) is 0 Å². The number of fused-ring (bicyclic) bond motifs is 3. The summed E-state index contributed by atoms with van der Waals surface area (Å²) in [6, 6.07) is 6.43. The highest BCUT2D eigenvalue weighted by Gasteiger charge is 2.26. The zero-order chi connectivity index (χ0) is 20.5. The van der Waals surface area contributed by atoms with E-state index in [1.807, 2.05) is 18.2 Å². The summed E-state index contributed by atoms with van der Waals surface area (Å²) in [7, 11) is 4.25. The Morgan fingerprint density at radius 3 is 2.72 bits per heavy atom. The van der Waals surface area contributed by atoms with Gasteiger partial charge in [-0.2, -0.15) is 0 Å². The monoisotopic (exact) mass is 414 g/mol. The molecule has 154 valence electrons. The molecule has 29 heavy (non-hydrogen) atoms. The van der Waals surface area contributed by atoms with Crippen molar-refractivity contribution in [1.29, 1.82) is 0 Å². The quantitative estimate of drug-likeness (QED) is 0.643. The van der Waals surface area contributed by atoms with Gasteiger partial charge in [-0.1, -0.05) is 12.1 Å². The highest BCUT2D eigenvalue weighted by molar-refractivity contribution is 7.25. The largest absolute Gasteiger partial charge is 0.474 e. The Morgan fingerprint density at radius 2 is 2.03 bits per heavy atom. The predicted octanol–water partition coefficient (Wildman–Crippen LogP) is 2.48. The number of aliphatic hydroxyl groups excluding tert-OH is 1. The summed E-state index contributed by atoms with van der Waals surface area (Å²) in [5.74, 6) is -0.150. The zero-order valence-electron chi connectivity index (χ0n) is 16.7. The molecule has 2 aromatic heterocycles. The summed E-state index contributed by atoms with van der Waals surface area (Å²) in [6.07, 6.45) is 4.77. The third kappa shape index (κ3) is 4.05. The zero-order valence-corrected chi connectivity index (χ0v) is 17.5. The molecule has 8 heteroatoms. The molecule has 1 aliphatic rings. The van der Waals surface area contributed by atoms with Gasteiger partial charge in [-0.15, -0.1) is 11.3 Å². The second-order valence-corrected chi connectivity index (χ2v) is 8.92. The summed E-state index contributed by atoms with van der Waals surface area (Å²) in [5, 5.41) is 11.8. The molecule has 1 fully saturated rings. The fraction of sp³-hybridized carbons (Fsp3) is 0.476. The SMILES string of the molecule is CN(C)[C@H]1CC[C@H](Oc2ncnc3sc4cccc(C[C@H](O)C(N)=O)c4c23)CC1. The van der Waals surface area contributed by atoms with Crippen LogP contribution >= 0.6 is 11.3 Å². The molecule has 1 saturated carbocycles. The van der Waals surface area contributed by atoms with Gasteiger partial charge in [0.25, 0.3) is 0 Å². The van der Waals surface area contributed by atoms with Crippen molar-refractivity contribution in [3.63, 3.8) is 0 Å². The lowest BCUT2D eigenvalue weighted by atomic mass is 9.92. The number of nitrogens with two attached hydrogens (primary N) is 1. The first kappa shape index (κ1) is 20.0. The standard InChI is InChI=1S/C21H26N4O3S/c1-25(2)13-6-8-14(9-7-13)28-20-18-17-12(10-15(26)19(22)27)4-3-5-16(17)29-21(18)24-11-23-20/h3-5,11,13-15,26H,6-10H2,1-2H3,(H2,22,27)/t13-,14-,15-/m0/s1. The molecule has 2 heterocycles. The van der Waals surface area contributed by atoms with Gasteiger partial charge in [0.05, 0.1) is 5.39 Å². The first-order valence-electron chi connectivity index (χ1n) is 9.89. The number of rotatable bonds is 6. The molecule has 1 aromatic carbocycles. The Kier molecular flexibility index (Phi) is 5.67. The van der Waals surface area contributed by atoms with E-state index in [4.69, 9.17) is 10.5 Å². The van der Waals surface area contributed by atoms with Gasteiger partial charge in [0.2, 0.25) is 11.8 Å². The maximum Gasteiger partial charge on any atom is 0.246 e. The molecule has 3 aromatic rings. The number of aromatic nitrogens is 2. The highest BCUT2D eigenvalue weighted by Crippen LogP contribution is 2.40. The first-order valence-corrected chi connectivity index (χ1v) is 10.7. The molecule has 0 aliphatic heterocycles. The lowest BCUT2D eigenvalue weighted by Gasteiger charge is -2.32. The van der Waals surface area contributed by atoms with Gasteiger partial charge in [-0.05, 0) is 51.4 Å². The van der Waals surface area contributed by atoms with Crippen molar-refractivity contribution in [1.82, 2.24) is 14.9 Å². The maximum absolute atomic E-state index is 11.4. The summed E-state index contributed by atoms with van der Waals surface area (Å²) < 4.78 is 7.38. The number of thiophene rings is 1. The van der Waals surface area contributed by atoms with E-state index in [0.29, 0.717) is 11.9 Å². The van der Waals surface area contributed by atoms with Crippen LogP contribution in [-0.4, -0.2) is 58.2 Å². The van der Waals surface area contributed by atoms with Crippen LogP contribution in [0.2, 0.25) is 0 Å². The summed E-state index contributed by atoms with van der Waals surface area (Å²) in [5.41, 5.74) is 6.11. The van der Waals surface area contributed by atoms with Crippen LogP contribution in [-0.2, 0) is 11.2 Å². The van der Waals surface area contributed by atoms with Crippen LogP contribution in [0.5, 0.6) is 5.88 Å². The maximum atomic E-state index is 11.4. The number of primary amides is 1. The number of benzene rings is 1. The highest BCUT2D eigenvalue weighted by atomic mass is 32.1. The molecule has 0 saturated heterocycles. The average molecular weight is 415 g/mol. The van der Waals surface area contributed by atoms with Crippen molar-refractivity contribution in [3.05, 3.63) is 30.1 Å². The molecule has 0 spiro atoms. The Balaban J connectivity index is 1.69. The average Bonchev–Trinajstić information content (AvgIpc) is 3.09. The normalized spacial score (nSPS) is 21.0. The Morgan fingerprint density at radius 1 is 1.28 bits per heavy atom. The number of hydrogen-bond acceptors (Lipinski definition) is 7. The van der Waals surface area contributed by atoms with Crippen molar-refractivity contribution >= 4 is 37.5 Å². The van der Waals surface area contributed by atoms with E-state index in [2.05, 4.69) is 29.0 Å². The van der Waals surface area contributed by atoms with Gasteiger partial charge in [0.15, 0.2) is 0 Å². The second kappa shape index (κ2) is 8.22. The molecule has 0 bridgehead atoms. The van der Waals surface area contributed by atoms with Gasteiger partial charge in [-0.3, -0.25) is 4.79 Å². The van der Waals surface area contributed by atoms with Crippen LogP contribution in [0.1, 0.15) is 31.2 Å². The fourth-order valence-electron chi connectivity index (χ4n) is 4.10. The number of carbonyl (C=O) groups excluding carboxylic acids is 1. The number of amides is 1. The number of ether oxygens (including phenoxy) is 1. The lowest BCUT2D eigenvalue weighted by Crippen LogP contribution is -2.35. The van der Waals surface area contributed by atoms with Gasteiger partial charge in [0.1, 0.15) is 23.4 Å². The summed E-state index contributed by atoms with van der Waals surface area (Å²) >= 11 is 1.56. The van der Waals surface area contributed by atoms with Crippen LogP contribution in [0.4, 0.5) is 0 Å². The second-order valence-electron chi connectivity index (χ2n) is 7.89. The molecular weight excluding hydrogens is 388 g/mol. The third-order valence-corrected chi connectivity index (χ3v) is 6.80. The minimum atomic E-state index is -1.23. The molecule has 1 atom stereocenters. The van der Waals surface area contributed by atoms with Gasteiger partial charge in [-0.25, -0.2) is 9.97 Å². The Hall–Kier alpha value is -2.29. The lowest BCUT2D eigenvalue weighted by molar-refractivity contribution is -0.125. The van der Waals surface area contributed by atoms with Gasteiger partial charge < -0.3 is 20.5 Å². The minimum Gasteiger partial charge on any atom is -0.474 e. The van der Waals surface area contributed by atoms with E-state index in [-0.39, 0.29) is 12.5 Å². The smallest absolute Gasteiger partial charge is 0.246 e. The van der Waals surface area contributed by atoms with Crippen molar-refractivity contribution in [3.8, 4) is 5.88 Å². The Labute approximate surface area is 173 Å². The molecule has 1 aliphatic carbocycles.